The van der Waals surface area contributed by atoms with Gasteiger partial charge in [0.15, 0.2) is 5.82 Å². The Morgan fingerprint density at radius 1 is 1.19 bits per heavy atom. The number of rotatable bonds is 5. The van der Waals surface area contributed by atoms with Crippen molar-refractivity contribution in [1.82, 2.24) is 20.3 Å². The van der Waals surface area contributed by atoms with Crippen molar-refractivity contribution >= 4 is 17.6 Å². The second kappa shape index (κ2) is 7.19. The zero-order valence-corrected chi connectivity index (χ0v) is 12.4. The number of anilines is 1. The average molecular weight is 295 g/mol. The van der Waals surface area contributed by atoms with Crippen molar-refractivity contribution in [2.45, 2.75) is 6.92 Å². The van der Waals surface area contributed by atoms with E-state index in [1.807, 2.05) is 0 Å². The molecule has 0 aliphatic carbocycles. The molecule has 2 rings (SSSR count). The molecule has 0 atom stereocenters. The Hall–Kier alpha value is -1.93. The number of nitrogens with one attached hydrogen (secondary N) is 2. The first-order valence-corrected chi connectivity index (χ1v) is 6.95. The van der Waals surface area contributed by atoms with Gasteiger partial charge in [0, 0.05) is 39.3 Å². The van der Waals surface area contributed by atoms with Crippen molar-refractivity contribution in [3.8, 4) is 0 Å². The maximum Gasteiger partial charge on any atom is 0.239 e. The van der Waals surface area contributed by atoms with Crippen LogP contribution in [0.15, 0.2) is 10.6 Å². The third-order valence-electron chi connectivity index (χ3n) is 3.37. The minimum atomic E-state index is -0.108. The SMILES string of the molecule is CNC(=O)CN1CCN(CC(=O)Nc2cc(C)on2)CC1. The maximum absolute atomic E-state index is 11.9. The van der Waals surface area contributed by atoms with E-state index in [0.717, 1.165) is 26.2 Å². The van der Waals surface area contributed by atoms with Crippen LogP contribution in [0.25, 0.3) is 0 Å². The topological polar surface area (TPSA) is 90.7 Å². The number of likely N-dealkylation sites (N-methyl/N-ethyl adjacent to an activating group) is 1. The van der Waals surface area contributed by atoms with Crippen molar-refractivity contribution in [1.29, 1.82) is 0 Å². The number of piperazine rings is 1. The zero-order chi connectivity index (χ0) is 15.2. The van der Waals surface area contributed by atoms with Gasteiger partial charge in [0.1, 0.15) is 5.76 Å². The van der Waals surface area contributed by atoms with Gasteiger partial charge in [-0.3, -0.25) is 19.4 Å². The Morgan fingerprint density at radius 2 is 1.76 bits per heavy atom. The molecule has 116 valence electrons. The molecule has 1 saturated heterocycles. The van der Waals surface area contributed by atoms with E-state index in [1.165, 1.54) is 0 Å². The number of aromatic nitrogens is 1. The number of nitrogens with zero attached hydrogens (tertiary/aromatic N) is 3. The lowest BCUT2D eigenvalue weighted by Crippen LogP contribution is -2.50. The van der Waals surface area contributed by atoms with Crippen molar-refractivity contribution in [2.75, 3.05) is 51.6 Å². The number of carbonyl (C=O) groups is 2. The van der Waals surface area contributed by atoms with Crippen LogP contribution in [-0.4, -0.2) is 73.1 Å². The summed E-state index contributed by atoms with van der Waals surface area (Å²) in [7, 11) is 1.63. The fraction of sp³-hybridized carbons (Fsp3) is 0.615. The van der Waals surface area contributed by atoms with Crippen LogP contribution in [-0.2, 0) is 9.59 Å². The van der Waals surface area contributed by atoms with Crippen LogP contribution in [0.2, 0.25) is 0 Å². The molecule has 2 amide bonds. The van der Waals surface area contributed by atoms with Gasteiger partial charge in [0.2, 0.25) is 11.8 Å². The molecular formula is C13H21N5O3. The van der Waals surface area contributed by atoms with Gasteiger partial charge in [-0.1, -0.05) is 5.16 Å². The van der Waals surface area contributed by atoms with Crippen LogP contribution >= 0.6 is 0 Å². The molecule has 2 heterocycles. The van der Waals surface area contributed by atoms with Crippen molar-refractivity contribution in [2.24, 2.45) is 0 Å². The van der Waals surface area contributed by atoms with Crippen molar-refractivity contribution < 1.29 is 14.1 Å². The highest BCUT2D eigenvalue weighted by Crippen LogP contribution is 2.07. The van der Waals surface area contributed by atoms with E-state index in [0.29, 0.717) is 24.7 Å². The van der Waals surface area contributed by atoms with Crippen molar-refractivity contribution in [3.63, 3.8) is 0 Å². The van der Waals surface area contributed by atoms with Gasteiger partial charge in [0.25, 0.3) is 0 Å². The molecule has 1 fully saturated rings. The molecule has 8 heteroatoms. The van der Waals surface area contributed by atoms with Crippen LogP contribution < -0.4 is 10.6 Å². The first kappa shape index (κ1) is 15.5. The summed E-state index contributed by atoms with van der Waals surface area (Å²) in [6.45, 7) is 5.60. The van der Waals surface area contributed by atoms with Gasteiger partial charge in [-0.05, 0) is 6.92 Å². The Balaban J connectivity index is 1.70. The molecule has 0 spiro atoms. The summed E-state index contributed by atoms with van der Waals surface area (Å²) >= 11 is 0. The van der Waals surface area contributed by atoms with Crippen LogP contribution in [0.5, 0.6) is 0 Å². The van der Waals surface area contributed by atoms with Gasteiger partial charge in [0.05, 0.1) is 13.1 Å². The molecule has 0 aromatic carbocycles. The molecule has 0 unspecified atom stereocenters. The van der Waals surface area contributed by atoms with Gasteiger partial charge >= 0.3 is 0 Å². The summed E-state index contributed by atoms with van der Waals surface area (Å²) in [6, 6.07) is 1.68. The van der Waals surface area contributed by atoms with E-state index in [4.69, 9.17) is 4.52 Å². The lowest BCUT2D eigenvalue weighted by Gasteiger charge is -2.33. The lowest BCUT2D eigenvalue weighted by atomic mass is 10.3. The highest BCUT2D eigenvalue weighted by Gasteiger charge is 2.20. The van der Waals surface area contributed by atoms with E-state index >= 15 is 0 Å². The second-order valence-corrected chi connectivity index (χ2v) is 5.10. The summed E-state index contributed by atoms with van der Waals surface area (Å²) in [5, 5.41) is 9.04. The van der Waals surface area contributed by atoms with Crippen LogP contribution in [0.3, 0.4) is 0 Å². The number of hydrogen-bond acceptors (Lipinski definition) is 6. The molecule has 0 bridgehead atoms. The third-order valence-corrected chi connectivity index (χ3v) is 3.37. The molecule has 21 heavy (non-hydrogen) atoms. The molecule has 0 radical (unpaired) electrons. The summed E-state index contributed by atoms with van der Waals surface area (Å²) < 4.78 is 4.89. The quantitative estimate of drug-likeness (QED) is 0.745. The van der Waals surface area contributed by atoms with Crippen LogP contribution in [0.1, 0.15) is 5.76 Å². The predicted molar refractivity (Wildman–Crippen MR) is 76.8 cm³/mol. The fourth-order valence-corrected chi connectivity index (χ4v) is 2.20. The van der Waals surface area contributed by atoms with Gasteiger partial charge in [-0.15, -0.1) is 0 Å². The van der Waals surface area contributed by atoms with E-state index in [9.17, 15) is 9.59 Å². The average Bonchev–Trinajstić information content (AvgIpc) is 2.86. The van der Waals surface area contributed by atoms with Gasteiger partial charge in [-0.25, -0.2) is 0 Å². The lowest BCUT2D eigenvalue weighted by molar-refractivity contribution is -0.123. The van der Waals surface area contributed by atoms with Crippen LogP contribution in [0, 0.1) is 6.92 Å². The molecule has 1 aliphatic rings. The number of aryl methyl sites for hydroxylation is 1. The zero-order valence-electron chi connectivity index (χ0n) is 12.4. The third kappa shape index (κ3) is 4.83. The summed E-state index contributed by atoms with van der Waals surface area (Å²) in [5.74, 6) is 1.01. The normalized spacial score (nSPS) is 16.7. The fourth-order valence-electron chi connectivity index (χ4n) is 2.20. The monoisotopic (exact) mass is 295 g/mol. The number of carbonyl (C=O) groups excluding carboxylic acids is 2. The Kier molecular flexibility index (Phi) is 5.29. The number of amides is 2. The molecule has 8 nitrogen and oxygen atoms in total. The Bertz CT molecular complexity index is 494. The molecule has 0 saturated carbocycles. The van der Waals surface area contributed by atoms with Crippen LogP contribution in [0.4, 0.5) is 5.82 Å². The van der Waals surface area contributed by atoms with E-state index in [-0.39, 0.29) is 11.8 Å². The maximum atomic E-state index is 11.9. The molecule has 2 N–H and O–H groups in total. The van der Waals surface area contributed by atoms with E-state index in [1.54, 1.807) is 20.0 Å². The standard InChI is InChI=1S/C13H21N5O3/c1-10-7-11(16-21-10)15-13(20)9-18-5-3-17(4-6-18)8-12(19)14-2/h7H,3-6,8-9H2,1-2H3,(H,14,19)(H,15,16,20). The largest absolute Gasteiger partial charge is 0.360 e. The van der Waals surface area contributed by atoms with E-state index in [2.05, 4.69) is 25.6 Å². The molecule has 1 aliphatic heterocycles. The number of hydrogen-bond donors (Lipinski definition) is 2. The van der Waals surface area contributed by atoms with E-state index < -0.39 is 0 Å². The first-order chi connectivity index (χ1) is 10.1. The molecule has 1 aromatic heterocycles. The minimum absolute atomic E-state index is 0.0163. The highest BCUT2D eigenvalue weighted by atomic mass is 16.5. The van der Waals surface area contributed by atoms with Gasteiger partial charge in [-0.2, -0.15) is 0 Å². The molecule has 1 aromatic rings. The summed E-state index contributed by atoms with van der Waals surface area (Å²) in [6.07, 6.45) is 0. The smallest absolute Gasteiger partial charge is 0.239 e. The second-order valence-electron chi connectivity index (χ2n) is 5.10. The minimum Gasteiger partial charge on any atom is -0.360 e. The Morgan fingerprint density at radius 3 is 2.24 bits per heavy atom. The molecular weight excluding hydrogens is 274 g/mol. The van der Waals surface area contributed by atoms with Crippen molar-refractivity contribution in [3.05, 3.63) is 11.8 Å². The predicted octanol–water partition coefficient (Wildman–Crippen LogP) is -0.715. The Labute approximate surface area is 123 Å². The van der Waals surface area contributed by atoms with Gasteiger partial charge < -0.3 is 15.2 Å². The first-order valence-electron chi connectivity index (χ1n) is 6.95. The highest BCUT2D eigenvalue weighted by molar-refractivity contribution is 5.91. The summed E-state index contributed by atoms with van der Waals surface area (Å²) in [5.41, 5.74) is 0. The summed E-state index contributed by atoms with van der Waals surface area (Å²) in [4.78, 5) is 27.3.